The van der Waals surface area contributed by atoms with Crippen LogP contribution in [0.25, 0.3) is 0 Å². The lowest BCUT2D eigenvalue weighted by Crippen LogP contribution is -2.22. The molecule has 2 aromatic rings. The van der Waals surface area contributed by atoms with Gasteiger partial charge in [0.2, 0.25) is 5.91 Å². The van der Waals surface area contributed by atoms with E-state index in [1.807, 2.05) is 0 Å². The van der Waals surface area contributed by atoms with Crippen molar-refractivity contribution in [1.29, 1.82) is 0 Å². The van der Waals surface area contributed by atoms with Crippen LogP contribution in [-0.2, 0) is 4.79 Å². The highest BCUT2D eigenvalue weighted by Crippen LogP contribution is 2.24. The van der Waals surface area contributed by atoms with Crippen molar-refractivity contribution in [3.63, 3.8) is 0 Å². The highest BCUT2D eigenvalue weighted by molar-refractivity contribution is 8.00. The monoisotopic (exact) mass is 310 g/mol. The number of amides is 1. The molecule has 104 valence electrons. The zero-order valence-electron chi connectivity index (χ0n) is 10.6. The topological polar surface area (TPSA) is 42.0 Å². The summed E-state index contributed by atoms with van der Waals surface area (Å²) in [6, 6.07) is 9.31. The maximum Gasteiger partial charge on any atom is 0.238 e. The number of hydrogen-bond acceptors (Lipinski definition) is 3. The fourth-order valence-corrected chi connectivity index (χ4v) is 2.43. The van der Waals surface area contributed by atoms with Crippen LogP contribution in [0.2, 0.25) is 5.02 Å². The van der Waals surface area contributed by atoms with E-state index in [1.165, 1.54) is 30.1 Å². The number of pyridine rings is 1. The average Bonchev–Trinajstić information content (AvgIpc) is 2.44. The van der Waals surface area contributed by atoms with Gasteiger partial charge in [0.1, 0.15) is 11.6 Å². The Kier molecular flexibility index (Phi) is 4.98. The van der Waals surface area contributed by atoms with Gasteiger partial charge in [-0.2, -0.15) is 0 Å². The molecule has 1 aromatic carbocycles. The Morgan fingerprint density at radius 2 is 2.00 bits per heavy atom. The molecular weight excluding hydrogens is 299 g/mol. The molecule has 3 nitrogen and oxygen atoms in total. The van der Waals surface area contributed by atoms with Gasteiger partial charge in [-0.25, -0.2) is 9.37 Å². The fourth-order valence-electron chi connectivity index (χ4n) is 1.45. The van der Waals surface area contributed by atoms with Crippen molar-refractivity contribution in [2.75, 3.05) is 5.32 Å². The number of nitrogens with zero attached hydrogens (tertiary/aromatic N) is 1. The summed E-state index contributed by atoms with van der Waals surface area (Å²) in [5, 5.41) is 2.89. The predicted octanol–water partition coefficient (Wildman–Crippen LogP) is 3.99. The number of nitrogens with one attached hydrogen (secondary N) is 1. The van der Waals surface area contributed by atoms with Gasteiger partial charge in [0, 0.05) is 11.1 Å². The number of aromatic nitrogens is 1. The van der Waals surface area contributed by atoms with Gasteiger partial charge in [-0.1, -0.05) is 11.6 Å². The van der Waals surface area contributed by atoms with Crippen LogP contribution in [-0.4, -0.2) is 16.1 Å². The van der Waals surface area contributed by atoms with E-state index in [0.29, 0.717) is 10.8 Å². The highest BCUT2D eigenvalue weighted by atomic mass is 35.5. The number of hydrogen-bond donors (Lipinski definition) is 1. The minimum Gasteiger partial charge on any atom is -0.310 e. The zero-order valence-corrected chi connectivity index (χ0v) is 12.2. The Bertz CT molecular complexity index is 589. The van der Waals surface area contributed by atoms with Crippen molar-refractivity contribution in [3.8, 4) is 0 Å². The van der Waals surface area contributed by atoms with Gasteiger partial charge in [-0.3, -0.25) is 4.79 Å². The van der Waals surface area contributed by atoms with Gasteiger partial charge in [0.25, 0.3) is 0 Å². The van der Waals surface area contributed by atoms with Gasteiger partial charge in [-0.05, 0) is 43.3 Å². The van der Waals surface area contributed by atoms with E-state index >= 15 is 0 Å². The number of benzene rings is 1. The minimum atomic E-state index is -0.321. The first-order valence-corrected chi connectivity index (χ1v) is 7.15. The maximum atomic E-state index is 12.8. The number of carbonyl (C=O) groups excluding carboxylic acids is 1. The normalized spacial score (nSPS) is 11.9. The summed E-state index contributed by atoms with van der Waals surface area (Å²) in [6.45, 7) is 1.78. The van der Waals surface area contributed by atoms with Gasteiger partial charge in [0.15, 0.2) is 0 Å². The molecule has 1 heterocycles. The lowest BCUT2D eigenvalue weighted by atomic mass is 10.3. The van der Waals surface area contributed by atoms with Crippen LogP contribution in [0.4, 0.5) is 10.2 Å². The van der Waals surface area contributed by atoms with E-state index in [9.17, 15) is 9.18 Å². The lowest BCUT2D eigenvalue weighted by Gasteiger charge is -2.11. The molecule has 2 rings (SSSR count). The number of anilines is 1. The van der Waals surface area contributed by atoms with E-state index in [4.69, 9.17) is 11.6 Å². The second-order valence-corrected chi connectivity index (χ2v) is 5.92. The summed E-state index contributed by atoms with van der Waals surface area (Å²) in [6.07, 6.45) is 1.47. The van der Waals surface area contributed by atoms with E-state index in [1.54, 1.807) is 31.2 Å². The molecule has 0 aliphatic heterocycles. The van der Waals surface area contributed by atoms with E-state index in [-0.39, 0.29) is 17.0 Å². The third-order valence-electron chi connectivity index (χ3n) is 2.47. The molecule has 0 radical (unpaired) electrons. The maximum absolute atomic E-state index is 12.8. The SMILES string of the molecule is CC(Sc1ccc(F)cc1)C(=O)Nc1ccc(Cl)cn1. The van der Waals surface area contributed by atoms with Crippen molar-refractivity contribution in [1.82, 2.24) is 4.98 Å². The molecule has 1 N–H and O–H groups in total. The van der Waals surface area contributed by atoms with Crippen molar-refractivity contribution >= 4 is 35.1 Å². The Morgan fingerprint density at radius 3 is 2.60 bits per heavy atom. The first-order valence-electron chi connectivity index (χ1n) is 5.89. The van der Waals surface area contributed by atoms with Crippen molar-refractivity contribution < 1.29 is 9.18 Å². The van der Waals surface area contributed by atoms with Crippen LogP contribution in [0.1, 0.15) is 6.92 Å². The predicted molar refractivity (Wildman–Crippen MR) is 79.6 cm³/mol. The molecule has 1 unspecified atom stereocenters. The molecule has 0 spiro atoms. The fraction of sp³-hybridized carbons (Fsp3) is 0.143. The van der Waals surface area contributed by atoms with Crippen molar-refractivity contribution in [3.05, 3.63) is 53.4 Å². The third-order valence-corrected chi connectivity index (χ3v) is 3.81. The minimum absolute atomic E-state index is 0.172. The molecule has 0 aliphatic rings. The summed E-state index contributed by atoms with van der Waals surface area (Å²) in [5.41, 5.74) is 0. The molecule has 0 fully saturated rings. The number of rotatable bonds is 4. The summed E-state index contributed by atoms with van der Waals surface area (Å²) in [7, 11) is 0. The molecule has 6 heteroatoms. The molecule has 0 saturated carbocycles. The second kappa shape index (κ2) is 6.72. The Morgan fingerprint density at radius 1 is 1.30 bits per heavy atom. The van der Waals surface area contributed by atoms with Crippen LogP contribution < -0.4 is 5.32 Å². The Labute approximate surface area is 125 Å². The van der Waals surface area contributed by atoms with Gasteiger partial charge in [-0.15, -0.1) is 11.8 Å². The van der Waals surface area contributed by atoms with Crippen molar-refractivity contribution in [2.24, 2.45) is 0 Å². The smallest absolute Gasteiger partial charge is 0.238 e. The molecule has 0 aliphatic carbocycles. The standard InChI is InChI=1S/C14H12ClFN2OS/c1-9(20-12-5-3-11(16)4-6-12)14(19)18-13-7-2-10(15)8-17-13/h2-9H,1H3,(H,17,18,19). The first-order chi connectivity index (χ1) is 9.54. The number of carbonyl (C=O) groups is 1. The average molecular weight is 311 g/mol. The quantitative estimate of drug-likeness (QED) is 0.868. The van der Waals surface area contributed by atoms with Crippen LogP contribution in [0.5, 0.6) is 0 Å². The summed E-state index contributed by atoms with van der Waals surface area (Å²) < 4.78 is 12.8. The first kappa shape index (κ1) is 14.8. The zero-order chi connectivity index (χ0) is 14.5. The van der Waals surface area contributed by atoms with Gasteiger partial charge >= 0.3 is 0 Å². The van der Waals surface area contributed by atoms with Gasteiger partial charge in [0.05, 0.1) is 10.3 Å². The molecule has 20 heavy (non-hydrogen) atoms. The van der Waals surface area contributed by atoms with Crippen molar-refractivity contribution in [2.45, 2.75) is 17.1 Å². The molecule has 1 amide bonds. The summed E-state index contributed by atoms with van der Waals surface area (Å²) in [4.78, 5) is 16.8. The van der Waals surface area contributed by atoms with Crippen LogP contribution >= 0.6 is 23.4 Å². The Balaban J connectivity index is 1.94. The van der Waals surface area contributed by atoms with Crippen LogP contribution in [0.15, 0.2) is 47.5 Å². The molecule has 0 saturated heterocycles. The van der Waals surface area contributed by atoms with Gasteiger partial charge < -0.3 is 5.32 Å². The molecule has 1 aromatic heterocycles. The summed E-state index contributed by atoms with van der Waals surface area (Å²) in [5.74, 6) is -0.0167. The second-order valence-electron chi connectivity index (χ2n) is 4.06. The highest BCUT2D eigenvalue weighted by Gasteiger charge is 2.15. The third kappa shape index (κ3) is 4.21. The number of halogens is 2. The molecular formula is C14H12ClFN2OS. The van der Waals surface area contributed by atoms with Crippen LogP contribution in [0, 0.1) is 5.82 Å². The largest absolute Gasteiger partial charge is 0.310 e. The Hall–Kier alpha value is -1.59. The van der Waals surface area contributed by atoms with E-state index in [0.717, 1.165) is 4.90 Å². The lowest BCUT2D eigenvalue weighted by molar-refractivity contribution is -0.115. The van der Waals surface area contributed by atoms with E-state index in [2.05, 4.69) is 10.3 Å². The molecule has 0 bridgehead atoms. The van der Waals surface area contributed by atoms with Crippen LogP contribution in [0.3, 0.4) is 0 Å². The molecule has 1 atom stereocenters. The summed E-state index contributed by atoms with van der Waals surface area (Å²) >= 11 is 7.07. The van der Waals surface area contributed by atoms with E-state index < -0.39 is 0 Å². The number of thioether (sulfide) groups is 1.